The van der Waals surface area contributed by atoms with Crippen molar-refractivity contribution < 1.29 is 14.9 Å². The molecule has 0 fully saturated rings. The quantitative estimate of drug-likeness (QED) is 0.569. The molecule has 0 aliphatic rings. The Hall–Kier alpha value is -1.88. The lowest BCUT2D eigenvalue weighted by atomic mass is 9.92. The van der Waals surface area contributed by atoms with Gasteiger partial charge in [-0.25, -0.2) is 0 Å². The van der Waals surface area contributed by atoms with E-state index in [1.54, 1.807) is 0 Å². The molecule has 0 aliphatic heterocycles. The molecule has 0 atom stereocenters. The summed E-state index contributed by atoms with van der Waals surface area (Å²) < 4.78 is 5.78. The first-order chi connectivity index (χ1) is 12.5. The van der Waals surface area contributed by atoms with Gasteiger partial charge in [0, 0.05) is 0 Å². The molecule has 0 unspecified atom stereocenters. The van der Waals surface area contributed by atoms with E-state index in [0.29, 0.717) is 12.8 Å². The topological polar surface area (TPSA) is 75.7 Å². The molecule has 0 saturated carbocycles. The molecule has 2 aromatic rings. The van der Waals surface area contributed by atoms with Gasteiger partial charge in [0.05, 0.1) is 25.4 Å². The maximum atomic E-state index is 9.34. The lowest BCUT2D eigenvalue weighted by Gasteiger charge is -2.24. The van der Waals surface area contributed by atoms with E-state index in [4.69, 9.17) is 10.5 Å². The van der Waals surface area contributed by atoms with E-state index in [-0.39, 0.29) is 13.2 Å². The molecule has 2 rings (SSSR count). The largest absolute Gasteiger partial charge is 0.494 e. The molecule has 0 aromatic heterocycles. The molecule has 0 spiro atoms. The van der Waals surface area contributed by atoms with Crippen molar-refractivity contribution in [1.29, 1.82) is 0 Å². The highest BCUT2D eigenvalue weighted by Crippen LogP contribution is 2.28. The second-order valence-electron chi connectivity index (χ2n) is 7.06. The van der Waals surface area contributed by atoms with Gasteiger partial charge >= 0.3 is 0 Å². The summed E-state index contributed by atoms with van der Waals surface area (Å²) in [7, 11) is 0. The number of ether oxygens (including phenoxy) is 1. The van der Waals surface area contributed by atoms with Crippen LogP contribution in [0.15, 0.2) is 42.5 Å². The summed E-state index contributed by atoms with van der Waals surface area (Å²) in [5.41, 5.74) is 9.69. The van der Waals surface area contributed by atoms with Crippen molar-refractivity contribution in [3.8, 4) is 16.9 Å². The minimum atomic E-state index is -0.927. The monoisotopic (exact) mass is 357 g/mol. The fourth-order valence-corrected chi connectivity index (χ4v) is 2.88. The van der Waals surface area contributed by atoms with E-state index in [1.807, 2.05) is 12.1 Å². The summed E-state index contributed by atoms with van der Waals surface area (Å²) in [5, 5.41) is 18.7. The van der Waals surface area contributed by atoms with Gasteiger partial charge in [-0.05, 0) is 60.6 Å². The summed E-state index contributed by atoms with van der Waals surface area (Å²) in [6.45, 7) is 4.56. The maximum Gasteiger partial charge on any atom is 0.119 e. The number of hydrogen-bond acceptors (Lipinski definition) is 4. The smallest absolute Gasteiger partial charge is 0.119 e. The molecule has 0 radical (unpaired) electrons. The van der Waals surface area contributed by atoms with Crippen molar-refractivity contribution in [2.24, 2.45) is 5.73 Å². The van der Waals surface area contributed by atoms with Gasteiger partial charge in [-0.3, -0.25) is 0 Å². The molecule has 4 N–H and O–H groups in total. The normalized spacial score (nSPS) is 11.6. The third kappa shape index (κ3) is 5.56. The van der Waals surface area contributed by atoms with Crippen molar-refractivity contribution in [1.82, 2.24) is 0 Å². The van der Waals surface area contributed by atoms with Crippen LogP contribution in [0.2, 0.25) is 0 Å². The van der Waals surface area contributed by atoms with Gasteiger partial charge in [0.1, 0.15) is 5.75 Å². The van der Waals surface area contributed by atoms with E-state index >= 15 is 0 Å². The zero-order valence-electron chi connectivity index (χ0n) is 15.9. The minimum absolute atomic E-state index is 0.220. The van der Waals surface area contributed by atoms with Crippen molar-refractivity contribution in [2.75, 3.05) is 19.8 Å². The van der Waals surface area contributed by atoms with Crippen molar-refractivity contribution in [3.63, 3.8) is 0 Å². The Morgan fingerprint density at radius 2 is 1.85 bits per heavy atom. The van der Waals surface area contributed by atoms with Crippen LogP contribution in [0, 0.1) is 6.92 Å². The van der Waals surface area contributed by atoms with E-state index < -0.39 is 5.54 Å². The SMILES string of the molecule is CCCCOc1ccc(-c2cccc(CCC(N)(CO)CO)c2)c(C)c1. The van der Waals surface area contributed by atoms with E-state index in [0.717, 1.165) is 36.3 Å². The summed E-state index contributed by atoms with van der Waals surface area (Å²) in [4.78, 5) is 0. The number of nitrogens with two attached hydrogens (primary N) is 1. The van der Waals surface area contributed by atoms with E-state index in [9.17, 15) is 10.2 Å². The van der Waals surface area contributed by atoms with Crippen LogP contribution in [0.25, 0.3) is 11.1 Å². The third-order valence-electron chi connectivity index (χ3n) is 4.74. The Kier molecular flexibility index (Phi) is 7.64. The predicted octanol–water partition coefficient (Wildman–Crippen LogP) is 3.46. The number of aliphatic hydroxyl groups is 2. The molecule has 0 amide bonds. The molecule has 0 heterocycles. The molecule has 2 aromatic carbocycles. The fraction of sp³-hybridized carbons (Fsp3) is 0.455. The van der Waals surface area contributed by atoms with Gasteiger partial charge < -0.3 is 20.7 Å². The van der Waals surface area contributed by atoms with Crippen LogP contribution < -0.4 is 10.5 Å². The van der Waals surface area contributed by atoms with Gasteiger partial charge in [-0.15, -0.1) is 0 Å². The predicted molar refractivity (Wildman–Crippen MR) is 106 cm³/mol. The van der Waals surface area contributed by atoms with Gasteiger partial charge in [-0.1, -0.05) is 43.7 Å². The van der Waals surface area contributed by atoms with Crippen molar-refractivity contribution >= 4 is 0 Å². The average Bonchev–Trinajstić information content (AvgIpc) is 2.67. The van der Waals surface area contributed by atoms with E-state index in [2.05, 4.69) is 44.2 Å². The first kappa shape index (κ1) is 20.4. The zero-order valence-corrected chi connectivity index (χ0v) is 15.9. The van der Waals surface area contributed by atoms with Crippen molar-refractivity contribution in [3.05, 3.63) is 53.6 Å². The Morgan fingerprint density at radius 3 is 2.50 bits per heavy atom. The maximum absolute atomic E-state index is 9.34. The summed E-state index contributed by atoms with van der Waals surface area (Å²) in [5.74, 6) is 0.912. The molecule has 4 heteroatoms. The molecule has 0 bridgehead atoms. The standard InChI is InChI=1S/C22H31NO3/c1-3-4-12-26-20-8-9-21(17(2)13-20)19-7-5-6-18(14-19)10-11-22(23,15-24)16-25/h5-9,13-14,24-25H,3-4,10-12,15-16,23H2,1-2H3. The second kappa shape index (κ2) is 9.72. The van der Waals surface area contributed by atoms with Crippen LogP contribution in [-0.4, -0.2) is 35.6 Å². The Labute approximate surface area is 156 Å². The van der Waals surface area contributed by atoms with Crippen LogP contribution in [0.3, 0.4) is 0 Å². The molecular formula is C22H31NO3. The number of aliphatic hydroxyl groups excluding tert-OH is 2. The molecule has 142 valence electrons. The summed E-state index contributed by atoms with van der Waals surface area (Å²) in [6, 6.07) is 14.5. The lowest BCUT2D eigenvalue weighted by molar-refractivity contribution is 0.115. The molecular weight excluding hydrogens is 326 g/mol. The highest BCUT2D eigenvalue weighted by Gasteiger charge is 2.22. The number of benzene rings is 2. The van der Waals surface area contributed by atoms with Crippen LogP contribution in [0.5, 0.6) is 5.75 Å². The zero-order chi connectivity index (χ0) is 19.0. The fourth-order valence-electron chi connectivity index (χ4n) is 2.88. The molecule has 0 saturated heterocycles. The van der Waals surface area contributed by atoms with Crippen LogP contribution in [0.1, 0.15) is 37.3 Å². The minimum Gasteiger partial charge on any atom is -0.494 e. The summed E-state index contributed by atoms with van der Waals surface area (Å²) in [6.07, 6.45) is 3.43. The highest BCUT2D eigenvalue weighted by atomic mass is 16.5. The first-order valence-electron chi connectivity index (χ1n) is 9.34. The Bertz CT molecular complexity index is 696. The number of hydrogen-bond donors (Lipinski definition) is 3. The van der Waals surface area contributed by atoms with E-state index in [1.165, 1.54) is 11.1 Å². The van der Waals surface area contributed by atoms with Crippen LogP contribution >= 0.6 is 0 Å². The Balaban J connectivity index is 2.11. The van der Waals surface area contributed by atoms with Crippen LogP contribution in [-0.2, 0) is 6.42 Å². The van der Waals surface area contributed by atoms with Crippen LogP contribution in [0.4, 0.5) is 0 Å². The molecule has 4 nitrogen and oxygen atoms in total. The van der Waals surface area contributed by atoms with Crippen molar-refractivity contribution in [2.45, 2.75) is 45.1 Å². The average molecular weight is 357 g/mol. The van der Waals surface area contributed by atoms with Gasteiger partial charge in [0.15, 0.2) is 0 Å². The van der Waals surface area contributed by atoms with Gasteiger partial charge in [0.2, 0.25) is 0 Å². The second-order valence-corrected chi connectivity index (χ2v) is 7.06. The number of aryl methyl sites for hydroxylation is 2. The third-order valence-corrected chi connectivity index (χ3v) is 4.74. The molecule has 26 heavy (non-hydrogen) atoms. The summed E-state index contributed by atoms with van der Waals surface area (Å²) >= 11 is 0. The van der Waals surface area contributed by atoms with Gasteiger partial charge in [-0.2, -0.15) is 0 Å². The molecule has 0 aliphatic carbocycles. The number of rotatable bonds is 10. The lowest BCUT2D eigenvalue weighted by Crippen LogP contribution is -2.47. The first-order valence-corrected chi connectivity index (χ1v) is 9.34. The van der Waals surface area contributed by atoms with Gasteiger partial charge in [0.25, 0.3) is 0 Å². The number of unbranched alkanes of at least 4 members (excludes halogenated alkanes) is 1. The highest BCUT2D eigenvalue weighted by molar-refractivity contribution is 5.68. The Morgan fingerprint density at radius 1 is 1.08 bits per heavy atom.